The van der Waals surface area contributed by atoms with Crippen LogP contribution < -0.4 is 0 Å². The van der Waals surface area contributed by atoms with Crippen molar-refractivity contribution in [2.75, 3.05) is 19.8 Å². The highest BCUT2D eigenvalue weighted by molar-refractivity contribution is 5.97. The minimum Gasteiger partial charge on any atom is -0.459 e. The van der Waals surface area contributed by atoms with E-state index in [1.165, 1.54) is 76.7 Å². The van der Waals surface area contributed by atoms with Crippen LogP contribution in [0.25, 0.3) is 0 Å². The van der Waals surface area contributed by atoms with E-state index >= 15 is 0 Å². The van der Waals surface area contributed by atoms with Crippen LogP contribution in [0, 0.1) is 46.3 Å². The molecule has 3 aliphatic carbocycles. The molecule has 13 atom stereocenters. The molecular formula is C49H78O14. The van der Waals surface area contributed by atoms with Gasteiger partial charge in [-0.1, -0.05) is 131 Å². The molecule has 0 aromatic carbocycles. The minimum absolute atomic E-state index is 0.156. The summed E-state index contributed by atoms with van der Waals surface area (Å²) < 4.78 is 41.7. The van der Waals surface area contributed by atoms with Crippen molar-refractivity contribution in [3.8, 4) is 0 Å². The number of ketones is 1. The number of hydrogen-bond acceptors (Lipinski definition) is 14. The van der Waals surface area contributed by atoms with Gasteiger partial charge in [-0.2, -0.15) is 0 Å². The number of aliphatic hydroxyl groups excluding tert-OH is 1. The normalized spacial score (nSPS) is 37.1. The fourth-order valence-electron chi connectivity index (χ4n) is 12.8. The molecule has 14 heteroatoms. The van der Waals surface area contributed by atoms with Crippen LogP contribution in [0.3, 0.4) is 0 Å². The van der Waals surface area contributed by atoms with Crippen molar-refractivity contribution in [2.45, 2.75) is 206 Å². The van der Waals surface area contributed by atoms with Gasteiger partial charge in [0.05, 0.1) is 25.2 Å². The van der Waals surface area contributed by atoms with Crippen LogP contribution in [0.1, 0.15) is 158 Å². The van der Waals surface area contributed by atoms with Gasteiger partial charge in [0, 0.05) is 22.7 Å². The summed E-state index contributed by atoms with van der Waals surface area (Å²) in [6.45, 7) is 14.5. The Bertz CT molecular complexity index is 1640. The number of esters is 2. The van der Waals surface area contributed by atoms with Gasteiger partial charge in [-0.15, -0.1) is 0 Å². The molecule has 14 nitrogen and oxygen atoms in total. The highest BCUT2D eigenvalue weighted by atomic mass is 16.8. The molecule has 5 unspecified atom stereocenters. The van der Waals surface area contributed by atoms with Crippen LogP contribution in [0.15, 0.2) is 11.6 Å². The second-order valence-electron chi connectivity index (χ2n) is 20.8. The maximum absolute atomic E-state index is 14.1. The fraction of sp³-hybridized carbons (Fsp3) is 0.878. The third kappa shape index (κ3) is 9.64. The number of carbonyl (C=O) groups excluding carboxylic acids is 4. The van der Waals surface area contributed by atoms with E-state index in [1.54, 1.807) is 48.5 Å². The Labute approximate surface area is 374 Å². The van der Waals surface area contributed by atoms with Gasteiger partial charge in [0.25, 0.3) is 0 Å². The predicted octanol–water partition coefficient (Wildman–Crippen LogP) is 7.50. The fourth-order valence-corrected chi connectivity index (χ4v) is 12.8. The van der Waals surface area contributed by atoms with Crippen LogP contribution in [-0.4, -0.2) is 107 Å². The first-order valence-electron chi connectivity index (χ1n) is 24.3. The maximum Gasteiger partial charge on any atom is 0.509 e. The maximum atomic E-state index is 14.1. The highest BCUT2D eigenvalue weighted by Gasteiger charge is 2.84. The second-order valence-corrected chi connectivity index (χ2v) is 20.8. The molecule has 0 aromatic rings. The van der Waals surface area contributed by atoms with Gasteiger partial charge < -0.3 is 48.5 Å². The Hall–Kier alpha value is -2.62. The zero-order chi connectivity index (χ0) is 45.9. The number of unbranched alkanes of at least 4 members (excludes halogenated alkanes) is 12. The molecule has 1 spiro atoms. The molecule has 3 heterocycles. The Kier molecular flexibility index (Phi) is 16.2. The van der Waals surface area contributed by atoms with Crippen molar-refractivity contribution >= 4 is 23.9 Å². The van der Waals surface area contributed by atoms with Gasteiger partial charge in [-0.25, -0.2) is 9.59 Å². The van der Waals surface area contributed by atoms with Crippen LogP contribution in [0.5, 0.6) is 0 Å². The first kappa shape index (κ1) is 49.8. The number of fused-ring (bicyclic) bond motifs is 1. The highest BCUT2D eigenvalue weighted by Crippen LogP contribution is 2.74. The quantitative estimate of drug-likeness (QED) is 0.0549. The molecule has 63 heavy (non-hydrogen) atoms. The summed E-state index contributed by atoms with van der Waals surface area (Å²) in [7, 11) is 0. The summed E-state index contributed by atoms with van der Waals surface area (Å²) in [6, 6.07) is 0. The molecule has 3 N–H and O–H groups in total. The molecule has 2 bridgehead atoms. The summed E-state index contributed by atoms with van der Waals surface area (Å²) >= 11 is 0. The smallest absolute Gasteiger partial charge is 0.459 e. The average molecular weight is 891 g/mol. The summed E-state index contributed by atoms with van der Waals surface area (Å²) in [6.07, 6.45) is 11.0. The van der Waals surface area contributed by atoms with Gasteiger partial charge in [0.1, 0.15) is 24.9 Å². The lowest BCUT2D eigenvalue weighted by molar-refractivity contribution is -0.340. The van der Waals surface area contributed by atoms with Crippen molar-refractivity contribution < 1.29 is 67.7 Å². The molecule has 0 aromatic heterocycles. The van der Waals surface area contributed by atoms with Gasteiger partial charge in [-0.05, 0) is 55.9 Å². The molecule has 6 aliphatic rings. The lowest BCUT2D eigenvalue weighted by Crippen LogP contribution is -2.78. The van der Waals surface area contributed by atoms with E-state index in [1.807, 2.05) is 0 Å². The van der Waals surface area contributed by atoms with Gasteiger partial charge in [-0.3, -0.25) is 9.59 Å². The average Bonchev–Trinajstić information content (AvgIpc) is 3.80. The third-order valence-electron chi connectivity index (χ3n) is 16.2. The first-order valence-corrected chi connectivity index (χ1v) is 24.3. The van der Waals surface area contributed by atoms with E-state index in [2.05, 4.69) is 6.92 Å². The number of aliphatic hydroxyl groups is 3. The zero-order valence-corrected chi connectivity index (χ0v) is 39.3. The van der Waals surface area contributed by atoms with Crippen molar-refractivity contribution in [1.82, 2.24) is 0 Å². The molecule has 5 fully saturated rings. The molecule has 3 aliphatic heterocycles. The van der Waals surface area contributed by atoms with E-state index in [0.717, 1.165) is 19.3 Å². The predicted molar refractivity (Wildman–Crippen MR) is 231 cm³/mol. The van der Waals surface area contributed by atoms with E-state index in [9.17, 15) is 34.5 Å². The molecule has 3 saturated heterocycles. The largest absolute Gasteiger partial charge is 0.509 e. The van der Waals surface area contributed by atoms with Crippen molar-refractivity contribution in [2.24, 2.45) is 46.3 Å². The van der Waals surface area contributed by atoms with Crippen LogP contribution in [0.4, 0.5) is 4.79 Å². The number of carbonyl (C=O) groups is 4. The van der Waals surface area contributed by atoms with Crippen LogP contribution in [-0.2, 0) is 47.5 Å². The van der Waals surface area contributed by atoms with Crippen LogP contribution >= 0.6 is 0 Å². The lowest BCUT2D eigenvalue weighted by Gasteiger charge is -2.68. The van der Waals surface area contributed by atoms with E-state index in [-0.39, 0.29) is 44.5 Å². The summed E-state index contributed by atoms with van der Waals surface area (Å²) in [5, 5.41) is 35.9. The number of hydrogen-bond donors (Lipinski definition) is 3. The first-order chi connectivity index (χ1) is 29.9. The van der Waals surface area contributed by atoms with Gasteiger partial charge in [0.2, 0.25) is 6.10 Å². The summed E-state index contributed by atoms with van der Waals surface area (Å²) in [4.78, 5) is 55.2. The summed E-state index contributed by atoms with van der Waals surface area (Å²) in [5.41, 5.74) is -3.47. The van der Waals surface area contributed by atoms with Crippen LogP contribution in [0.2, 0.25) is 0 Å². The summed E-state index contributed by atoms with van der Waals surface area (Å²) in [5.74, 6) is -8.49. The van der Waals surface area contributed by atoms with Gasteiger partial charge >= 0.3 is 18.1 Å². The molecule has 358 valence electrons. The SMILES string of the molecule is CCCCCCCCCCCCCCCC1OCC(COC(=O)O[C@@H]2C(=O)C=C(C)[C@@H]3C[C@H]4OC(=O)C(OC(=O)CC(O)(C(C)C)C(C)C)C5[C@@H](C)[C@@H](O)[C@@]6(O)OC[C@@]54C6[C@@]23C)O1. The Morgan fingerprint density at radius 2 is 1.54 bits per heavy atom. The third-order valence-corrected chi connectivity index (χ3v) is 16.2. The molecular weight excluding hydrogens is 813 g/mol. The van der Waals surface area contributed by atoms with E-state index in [4.69, 9.17) is 33.2 Å². The molecule has 0 radical (unpaired) electrons. The van der Waals surface area contributed by atoms with Crippen molar-refractivity contribution in [1.29, 1.82) is 0 Å². The number of ether oxygens (including phenoxy) is 7. The Morgan fingerprint density at radius 1 is 0.937 bits per heavy atom. The van der Waals surface area contributed by atoms with Gasteiger partial charge in [0.15, 0.2) is 24.0 Å². The Balaban J connectivity index is 1.08. The van der Waals surface area contributed by atoms with E-state index < -0.39 is 107 Å². The lowest BCUT2D eigenvalue weighted by atomic mass is 9.38. The van der Waals surface area contributed by atoms with Crippen molar-refractivity contribution in [3.05, 3.63) is 11.6 Å². The minimum atomic E-state index is -2.25. The monoisotopic (exact) mass is 891 g/mol. The Morgan fingerprint density at radius 3 is 2.14 bits per heavy atom. The van der Waals surface area contributed by atoms with Crippen molar-refractivity contribution in [3.63, 3.8) is 0 Å². The molecule has 2 saturated carbocycles. The number of allylic oxidation sites excluding steroid dienone is 1. The second kappa shape index (κ2) is 20.5. The zero-order valence-electron chi connectivity index (χ0n) is 39.3. The topological polar surface area (TPSA) is 194 Å². The molecule has 0 amide bonds. The number of rotatable bonds is 22. The standard InChI is InChI=1S/C49H78O14/c1-9-10-11-12-13-14-15-16-17-18-19-20-21-22-38-57-26-33(60-38)27-58-45(54)63-42-35(50)23-31(6)34-24-36-47-28-59-49(56,44(47)46(34,42)8)41(52)32(7)39(47)40(43(53)61-36)62-37(51)25-48(55,29(2)3)30(4)5/h23,29-30,32-34,36,38-42,44,52,55-56H,9-22,24-28H2,1-8H3/t32-,33?,34+,36-,38?,39?,40?,41-,42-,44?,46-,47+,49-/m1/s1. The van der Waals surface area contributed by atoms with E-state index in [0.29, 0.717) is 5.57 Å². The molecule has 6 rings (SSSR count).